The Morgan fingerprint density at radius 3 is 2.40 bits per heavy atom. The zero-order valence-corrected chi connectivity index (χ0v) is 12.0. The molecule has 0 aromatic heterocycles. The Morgan fingerprint density at radius 2 is 1.95 bits per heavy atom. The first-order valence-corrected chi connectivity index (χ1v) is 6.60. The molecule has 1 saturated heterocycles. The molecular formula is C12H21ClF3NO3. The van der Waals surface area contributed by atoms with Crippen molar-refractivity contribution in [2.75, 3.05) is 19.8 Å². The largest absolute Gasteiger partial charge is 0.523 e. The minimum Gasteiger partial charge on any atom is -0.376 e. The molecule has 1 heterocycles. The summed E-state index contributed by atoms with van der Waals surface area (Å²) < 4.78 is 51.8. The van der Waals surface area contributed by atoms with Crippen molar-refractivity contribution in [3.05, 3.63) is 0 Å². The lowest BCUT2D eigenvalue weighted by molar-refractivity contribution is -0.384. The Balaban J connectivity index is 0.00000200. The summed E-state index contributed by atoms with van der Waals surface area (Å²) in [7, 11) is 0. The lowest BCUT2D eigenvalue weighted by atomic mass is 9.81. The maximum Gasteiger partial charge on any atom is 0.523 e. The van der Waals surface area contributed by atoms with Crippen molar-refractivity contribution in [3.8, 4) is 0 Å². The number of alkyl halides is 3. The van der Waals surface area contributed by atoms with Gasteiger partial charge in [-0.05, 0) is 32.1 Å². The van der Waals surface area contributed by atoms with Crippen molar-refractivity contribution in [1.29, 1.82) is 0 Å². The minimum absolute atomic E-state index is 0. The quantitative estimate of drug-likeness (QED) is 0.845. The first-order valence-electron chi connectivity index (χ1n) is 6.60. The molecule has 4 nitrogen and oxygen atoms in total. The molecule has 0 spiro atoms. The number of hydrogen-bond acceptors (Lipinski definition) is 4. The van der Waals surface area contributed by atoms with Crippen LogP contribution in [0, 0.1) is 0 Å². The second-order valence-electron chi connectivity index (χ2n) is 5.39. The average Bonchev–Trinajstić information content (AvgIpc) is 2.27. The van der Waals surface area contributed by atoms with E-state index in [1.807, 2.05) is 0 Å². The zero-order chi connectivity index (χ0) is 13.9. The Bertz CT molecular complexity index is 292. The summed E-state index contributed by atoms with van der Waals surface area (Å²) in [5.41, 5.74) is 4.51. The van der Waals surface area contributed by atoms with Crippen molar-refractivity contribution in [1.82, 2.24) is 0 Å². The van der Waals surface area contributed by atoms with Crippen LogP contribution in [0.25, 0.3) is 0 Å². The van der Waals surface area contributed by atoms with E-state index < -0.39 is 12.0 Å². The van der Waals surface area contributed by atoms with Gasteiger partial charge in [-0.1, -0.05) is 0 Å². The molecular weight excluding hydrogens is 299 g/mol. The standard InChI is InChI=1S/C12H20F3NO3.ClH/c13-12(14,15)19-11(4-1-5-11)8-17-7-10-3-2-9(16)6-18-10;/h9-10H,1-8,16H2;1H/t9-,10+;/m1./s1. The molecule has 2 N–H and O–H groups in total. The van der Waals surface area contributed by atoms with Crippen LogP contribution in [0.4, 0.5) is 13.2 Å². The van der Waals surface area contributed by atoms with E-state index >= 15 is 0 Å². The van der Waals surface area contributed by atoms with Crippen LogP contribution in [0.5, 0.6) is 0 Å². The molecule has 2 rings (SSSR count). The van der Waals surface area contributed by atoms with Crippen LogP contribution in [0.15, 0.2) is 0 Å². The Morgan fingerprint density at radius 1 is 1.25 bits per heavy atom. The monoisotopic (exact) mass is 319 g/mol. The predicted molar refractivity (Wildman–Crippen MR) is 68.7 cm³/mol. The highest BCUT2D eigenvalue weighted by Gasteiger charge is 2.47. The second-order valence-corrected chi connectivity index (χ2v) is 5.39. The van der Waals surface area contributed by atoms with Gasteiger partial charge in [0.15, 0.2) is 0 Å². The summed E-state index contributed by atoms with van der Waals surface area (Å²) in [5, 5.41) is 0. The zero-order valence-electron chi connectivity index (χ0n) is 11.2. The van der Waals surface area contributed by atoms with Crippen molar-refractivity contribution in [3.63, 3.8) is 0 Å². The third-order valence-corrected chi connectivity index (χ3v) is 3.67. The van der Waals surface area contributed by atoms with Crippen LogP contribution in [0.3, 0.4) is 0 Å². The molecule has 0 bridgehead atoms. The molecule has 2 fully saturated rings. The molecule has 0 aromatic carbocycles. The van der Waals surface area contributed by atoms with Gasteiger partial charge < -0.3 is 15.2 Å². The molecule has 0 radical (unpaired) electrons. The summed E-state index contributed by atoms with van der Waals surface area (Å²) in [6, 6.07) is 0.0581. The van der Waals surface area contributed by atoms with E-state index in [4.69, 9.17) is 15.2 Å². The van der Waals surface area contributed by atoms with Crippen LogP contribution < -0.4 is 5.73 Å². The molecule has 0 unspecified atom stereocenters. The van der Waals surface area contributed by atoms with Crippen molar-refractivity contribution < 1.29 is 27.4 Å². The number of halogens is 4. The Kier molecular flexibility index (Phi) is 6.53. The molecule has 1 aliphatic carbocycles. The summed E-state index contributed by atoms with van der Waals surface area (Å²) in [6.07, 6.45) is -1.49. The highest BCUT2D eigenvalue weighted by Crippen LogP contribution is 2.40. The van der Waals surface area contributed by atoms with E-state index in [0.29, 0.717) is 26.1 Å². The van der Waals surface area contributed by atoms with Crippen molar-refractivity contribution in [2.24, 2.45) is 5.73 Å². The van der Waals surface area contributed by atoms with Gasteiger partial charge in [-0.2, -0.15) is 0 Å². The second kappa shape index (κ2) is 7.26. The molecule has 1 saturated carbocycles. The molecule has 8 heteroatoms. The topological polar surface area (TPSA) is 53.7 Å². The van der Waals surface area contributed by atoms with E-state index in [1.54, 1.807) is 0 Å². The first kappa shape index (κ1) is 18.0. The minimum atomic E-state index is -4.60. The van der Waals surface area contributed by atoms with Gasteiger partial charge in [0, 0.05) is 6.04 Å². The fourth-order valence-corrected chi connectivity index (χ4v) is 2.43. The molecule has 0 amide bonds. The number of ether oxygens (including phenoxy) is 3. The molecule has 2 atom stereocenters. The van der Waals surface area contributed by atoms with Crippen LogP contribution >= 0.6 is 12.4 Å². The van der Waals surface area contributed by atoms with Gasteiger partial charge in [-0.25, -0.2) is 0 Å². The third-order valence-electron chi connectivity index (χ3n) is 3.67. The number of hydrogen-bond donors (Lipinski definition) is 1. The fourth-order valence-electron chi connectivity index (χ4n) is 2.43. The lowest BCUT2D eigenvalue weighted by Crippen LogP contribution is -2.48. The van der Waals surface area contributed by atoms with E-state index in [1.165, 1.54) is 0 Å². The van der Waals surface area contributed by atoms with E-state index in [-0.39, 0.29) is 31.2 Å². The Labute approximate surface area is 122 Å². The molecule has 2 aliphatic rings. The van der Waals surface area contributed by atoms with Crippen LogP contribution in [0.1, 0.15) is 32.1 Å². The van der Waals surface area contributed by atoms with Crippen molar-refractivity contribution >= 4 is 12.4 Å². The molecule has 0 aromatic rings. The maximum atomic E-state index is 12.3. The first-order chi connectivity index (χ1) is 8.89. The van der Waals surface area contributed by atoms with Crippen LogP contribution in [0.2, 0.25) is 0 Å². The molecule has 1 aliphatic heterocycles. The lowest BCUT2D eigenvalue weighted by Gasteiger charge is -2.41. The van der Waals surface area contributed by atoms with E-state index in [2.05, 4.69) is 4.74 Å². The SMILES string of the molecule is Cl.N[C@@H]1CC[C@@H](COCC2(OC(F)(F)F)CCC2)OC1. The molecule has 20 heavy (non-hydrogen) atoms. The van der Waals surface area contributed by atoms with Gasteiger partial charge in [0.25, 0.3) is 0 Å². The van der Waals surface area contributed by atoms with Gasteiger partial charge in [-0.15, -0.1) is 25.6 Å². The maximum absolute atomic E-state index is 12.3. The highest BCUT2D eigenvalue weighted by atomic mass is 35.5. The summed E-state index contributed by atoms with van der Waals surface area (Å²) in [4.78, 5) is 0. The van der Waals surface area contributed by atoms with Crippen molar-refractivity contribution in [2.45, 2.75) is 56.2 Å². The van der Waals surface area contributed by atoms with E-state index in [9.17, 15) is 13.2 Å². The van der Waals surface area contributed by atoms with E-state index in [0.717, 1.165) is 19.3 Å². The van der Waals surface area contributed by atoms with Gasteiger partial charge in [-0.3, -0.25) is 4.74 Å². The van der Waals surface area contributed by atoms with Gasteiger partial charge >= 0.3 is 6.36 Å². The van der Waals surface area contributed by atoms with Crippen LogP contribution in [-0.4, -0.2) is 43.9 Å². The predicted octanol–water partition coefficient (Wildman–Crippen LogP) is 2.39. The average molecular weight is 320 g/mol. The van der Waals surface area contributed by atoms with Gasteiger partial charge in [0.2, 0.25) is 0 Å². The molecule has 120 valence electrons. The summed E-state index contributed by atoms with van der Waals surface area (Å²) in [6.45, 7) is 0.756. The summed E-state index contributed by atoms with van der Waals surface area (Å²) in [5.74, 6) is 0. The number of rotatable bonds is 5. The smallest absolute Gasteiger partial charge is 0.376 e. The fraction of sp³-hybridized carbons (Fsp3) is 1.00. The third kappa shape index (κ3) is 5.37. The highest BCUT2D eigenvalue weighted by molar-refractivity contribution is 5.85. The number of nitrogens with two attached hydrogens (primary N) is 1. The van der Waals surface area contributed by atoms with Crippen LogP contribution in [-0.2, 0) is 14.2 Å². The van der Waals surface area contributed by atoms with Gasteiger partial charge in [0.05, 0.1) is 25.9 Å². The summed E-state index contributed by atoms with van der Waals surface area (Å²) >= 11 is 0. The Hall–Kier alpha value is -0.0800. The van der Waals surface area contributed by atoms with Gasteiger partial charge in [0.1, 0.15) is 5.60 Å². The normalized spacial score (nSPS) is 29.4.